The lowest BCUT2D eigenvalue weighted by atomic mass is 10.1. The molecule has 1 aromatic carbocycles. The number of halogens is 2. The van der Waals surface area contributed by atoms with Crippen molar-refractivity contribution in [2.24, 2.45) is 5.92 Å². The molecule has 0 aliphatic heterocycles. The molecule has 14 heavy (non-hydrogen) atoms. The van der Waals surface area contributed by atoms with Crippen molar-refractivity contribution in [3.8, 4) is 0 Å². The zero-order valence-corrected chi connectivity index (χ0v) is 9.27. The summed E-state index contributed by atoms with van der Waals surface area (Å²) in [7, 11) is 0. The third-order valence-corrected chi connectivity index (χ3v) is 3.24. The highest BCUT2D eigenvalue weighted by Gasteiger charge is 2.42. The Kier molecular flexibility index (Phi) is 2.54. The Morgan fingerprint density at radius 1 is 1.43 bits per heavy atom. The number of carbonyl (C=O) groups is 1. The molecule has 74 valence electrons. The van der Waals surface area contributed by atoms with Crippen molar-refractivity contribution in [3.05, 3.63) is 33.8 Å². The van der Waals surface area contributed by atoms with Crippen LogP contribution >= 0.6 is 23.2 Å². The van der Waals surface area contributed by atoms with Crippen molar-refractivity contribution < 1.29 is 4.79 Å². The van der Waals surface area contributed by atoms with Crippen LogP contribution in [-0.4, -0.2) is 5.78 Å². The van der Waals surface area contributed by atoms with E-state index in [0.29, 0.717) is 16.0 Å². The average Bonchev–Trinajstić information content (AvgIpc) is 2.83. The molecule has 0 radical (unpaired) electrons. The van der Waals surface area contributed by atoms with Crippen molar-refractivity contribution in [2.45, 2.75) is 19.3 Å². The summed E-state index contributed by atoms with van der Waals surface area (Å²) in [6, 6.07) is 5.46. The minimum Gasteiger partial charge on any atom is -0.300 e. The molecule has 3 heteroatoms. The summed E-state index contributed by atoms with van der Waals surface area (Å²) < 4.78 is 0. The average molecular weight is 229 g/mol. The van der Waals surface area contributed by atoms with Crippen LogP contribution in [0.25, 0.3) is 0 Å². The lowest BCUT2D eigenvalue weighted by molar-refractivity contribution is -0.118. The largest absolute Gasteiger partial charge is 0.300 e. The molecular formula is C11H10Cl2O. The summed E-state index contributed by atoms with van der Waals surface area (Å²) in [5.74, 6) is 0.743. The van der Waals surface area contributed by atoms with Gasteiger partial charge in [0.05, 0.1) is 0 Å². The molecule has 0 spiro atoms. The van der Waals surface area contributed by atoms with Gasteiger partial charge < -0.3 is 0 Å². The summed E-state index contributed by atoms with van der Waals surface area (Å²) in [6.07, 6.45) is 0.927. The van der Waals surface area contributed by atoms with Crippen molar-refractivity contribution in [3.63, 3.8) is 0 Å². The highest BCUT2D eigenvalue weighted by molar-refractivity contribution is 6.35. The van der Waals surface area contributed by atoms with Crippen LogP contribution in [0.15, 0.2) is 18.2 Å². The Balaban J connectivity index is 2.23. The first-order chi connectivity index (χ1) is 6.59. The molecule has 0 heterocycles. The number of hydrogen-bond acceptors (Lipinski definition) is 1. The Hall–Kier alpha value is -0.530. The molecule has 0 saturated heterocycles. The number of Topliss-reactive ketones (excluding diaryl/α,β-unsaturated/α-hetero) is 1. The van der Waals surface area contributed by atoms with E-state index in [0.717, 1.165) is 12.0 Å². The van der Waals surface area contributed by atoms with Crippen LogP contribution in [0.2, 0.25) is 10.0 Å². The van der Waals surface area contributed by atoms with Gasteiger partial charge >= 0.3 is 0 Å². The number of hydrogen-bond donors (Lipinski definition) is 0. The summed E-state index contributed by atoms with van der Waals surface area (Å²) in [6.45, 7) is 1.63. The fourth-order valence-electron chi connectivity index (χ4n) is 1.79. The fraction of sp³-hybridized carbons (Fsp3) is 0.364. The van der Waals surface area contributed by atoms with Crippen molar-refractivity contribution in [1.29, 1.82) is 0 Å². The second-order valence-corrected chi connectivity index (χ2v) is 4.57. The molecule has 2 rings (SSSR count). The zero-order valence-electron chi connectivity index (χ0n) is 7.76. The minimum absolute atomic E-state index is 0.175. The highest BCUT2D eigenvalue weighted by Crippen LogP contribution is 2.50. The number of benzene rings is 1. The van der Waals surface area contributed by atoms with Crippen LogP contribution in [0.4, 0.5) is 0 Å². The Bertz CT molecular complexity index is 387. The van der Waals surface area contributed by atoms with Gasteiger partial charge in [0.25, 0.3) is 0 Å². The van der Waals surface area contributed by atoms with Crippen LogP contribution < -0.4 is 0 Å². The summed E-state index contributed by atoms with van der Waals surface area (Å²) in [5, 5.41) is 1.31. The third-order valence-electron chi connectivity index (χ3n) is 2.67. The maximum atomic E-state index is 11.1. The lowest BCUT2D eigenvalue weighted by Gasteiger charge is -2.02. The zero-order chi connectivity index (χ0) is 10.3. The molecule has 1 aliphatic rings. The number of ketones is 1. The van der Waals surface area contributed by atoms with Gasteiger partial charge in [-0.25, -0.2) is 0 Å². The Labute approximate surface area is 93.0 Å². The van der Waals surface area contributed by atoms with Crippen LogP contribution in [0, 0.1) is 5.92 Å². The predicted molar refractivity (Wildman–Crippen MR) is 58.0 cm³/mol. The first-order valence-electron chi connectivity index (χ1n) is 4.55. The van der Waals surface area contributed by atoms with Crippen LogP contribution in [-0.2, 0) is 4.79 Å². The van der Waals surface area contributed by atoms with Crippen LogP contribution in [0.3, 0.4) is 0 Å². The molecule has 1 fully saturated rings. The molecule has 0 unspecified atom stereocenters. The van der Waals surface area contributed by atoms with E-state index in [1.165, 1.54) is 0 Å². The second-order valence-electron chi connectivity index (χ2n) is 3.73. The molecule has 1 aromatic rings. The van der Waals surface area contributed by atoms with Gasteiger partial charge in [0, 0.05) is 16.0 Å². The van der Waals surface area contributed by atoms with E-state index in [-0.39, 0.29) is 11.7 Å². The standard InChI is InChI=1S/C11H10Cl2O/c1-6(14)9-5-10(9)8-3-2-7(12)4-11(8)13/h2-4,9-10H,5H2,1H3/t9-,10+/m0/s1. The molecule has 2 atom stereocenters. The summed E-state index contributed by atoms with van der Waals surface area (Å²) in [5.41, 5.74) is 1.05. The van der Waals surface area contributed by atoms with Gasteiger partial charge in [-0.05, 0) is 37.0 Å². The van der Waals surface area contributed by atoms with Gasteiger partial charge in [-0.15, -0.1) is 0 Å². The quantitative estimate of drug-likeness (QED) is 0.755. The normalized spacial score (nSPS) is 24.8. The topological polar surface area (TPSA) is 17.1 Å². The van der Waals surface area contributed by atoms with Crippen molar-refractivity contribution >= 4 is 29.0 Å². The van der Waals surface area contributed by atoms with E-state index in [2.05, 4.69) is 0 Å². The van der Waals surface area contributed by atoms with Gasteiger partial charge in [0.1, 0.15) is 5.78 Å². The summed E-state index contributed by atoms with van der Waals surface area (Å²) in [4.78, 5) is 11.1. The maximum Gasteiger partial charge on any atom is 0.133 e. The molecular weight excluding hydrogens is 219 g/mol. The SMILES string of the molecule is CC(=O)[C@@H]1C[C@@H]1c1ccc(Cl)cc1Cl. The van der Waals surface area contributed by atoms with Crippen molar-refractivity contribution in [1.82, 2.24) is 0 Å². The molecule has 0 aromatic heterocycles. The van der Waals surface area contributed by atoms with Crippen LogP contribution in [0.1, 0.15) is 24.8 Å². The Morgan fingerprint density at radius 3 is 2.64 bits per heavy atom. The molecule has 0 amide bonds. The second kappa shape index (κ2) is 3.56. The van der Waals surface area contributed by atoms with Crippen LogP contribution in [0.5, 0.6) is 0 Å². The monoisotopic (exact) mass is 228 g/mol. The van der Waals surface area contributed by atoms with Gasteiger partial charge in [0.2, 0.25) is 0 Å². The van der Waals surface area contributed by atoms with Gasteiger partial charge in [-0.3, -0.25) is 4.79 Å². The third kappa shape index (κ3) is 1.79. The number of carbonyl (C=O) groups excluding carboxylic acids is 1. The van der Waals surface area contributed by atoms with Gasteiger partial charge in [-0.1, -0.05) is 29.3 Å². The van der Waals surface area contributed by atoms with E-state index in [1.54, 1.807) is 13.0 Å². The maximum absolute atomic E-state index is 11.1. The number of rotatable bonds is 2. The first-order valence-corrected chi connectivity index (χ1v) is 5.30. The molecule has 1 aliphatic carbocycles. The van der Waals surface area contributed by atoms with E-state index in [4.69, 9.17) is 23.2 Å². The highest BCUT2D eigenvalue weighted by atomic mass is 35.5. The van der Waals surface area contributed by atoms with E-state index >= 15 is 0 Å². The Morgan fingerprint density at radius 2 is 2.14 bits per heavy atom. The molecule has 0 bridgehead atoms. The van der Waals surface area contributed by atoms with Gasteiger partial charge in [-0.2, -0.15) is 0 Å². The lowest BCUT2D eigenvalue weighted by Crippen LogP contribution is -1.95. The van der Waals surface area contributed by atoms with E-state index in [1.807, 2.05) is 12.1 Å². The molecule has 0 N–H and O–H groups in total. The van der Waals surface area contributed by atoms with E-state index in [9.17, 15) is 4.79 Å². The van der Waals surface area contributed by atoms with E-state index < -0.39 is 0 Å². The first kappa shape index (κ1) is 10.0. The summed E-state index contributed by atoms with van der Waals surface area (Å²) >= 11 is 11.8. The molecule has 1 nitrogen and oxygen atoms in total. The minimum atomic E-state index is 0.175. The predicted octanol–water partition coefficient (Wildman–Crippen LogP) is 3.69. The smallest absolute Gasteiger partial charge is 0.133 e. The van der Waals surface area contributed by atoms with Crippen molar-refractivity contribution in [2.75, 3.05) is 0 Å². The molecule has 1 saturated carbocycles. The van der Waals surface area contributed by atoms with Gasteiger partial charge in [0.15, 0.2) is 0 Å². The fourth-order valence-corrected chi connectivity index (χ4v) is 2.34.